The summed E-state index contributed by atoms with van der Waals surface area (Å²) in [5, 5.41) is 4.14. The highest BCUT2D eigenvalue weighted by molar-refractivity contribution is 5.88. The van der Waals surface area contributed by atoms with E-state index in [-0.39, 0.29) is 6.29 Å². The fraction of sp³-hybridized carbons (Fsp3) is 0.286. The van der Waals surface area contributed by atoms with E-state index < -0.39 is 5.97 Å². The standard InChI is InChI=1S/C14H14N2O4/c1-18-13(17)11-8-15-16(9-11)12-4-2-10(3-5-12)14-19-6-7-20-14/h2-5,8-9,14H,6-7H2,1H3. The zero-order valence-corrected chi connectivity index (χ0v) is 11.0. The van der Waals surface area contributed by atoms with Crippen molar-refractivity contribution in [2.45, 2.75) is 6.29 Å². The largest absolute Gasteiger partial charge is 0.465 e. The van der Waals surface area contributed by atoms with Crippen LogP contribution in [0, 0.1) is 0 Å². The lowest BCUT2D eigenvalue weighted by atomic mass is 10.2. The van der Waals surface area contributed by atoms with E-state index in [1.54, 1.807) is 10.9 Å². The third-order valence-electron chi connectivity index (χ3n) is 3.06. The van der Waals surface area contributed by atoms with Crippen LogP contribution in [0.4, 0.5) is 0 Å². The number of ether oxygens (including phenoxy) is 3. The fourth-order valence-corrected chi connectivity index (χ4v) is 2.02. The molecule has 2 heterocycles. The maximum absolute atomic E-state index is 11.4. The van der Waals surface area contributed by atoms with Crippen LogP contribution in [0.3, 0.4) is 0 Å². The van der Waals surface area contributed by atoms with Gasteiger partial charge >= 0.3 is 5.97 Å². The minimum absolute atomic E-state index is 0.285. The van der Waals surface area contributed by atoms with Crippen molar-refractivity contribution in [3.63, 3.8) is 0 Å². The van der Waals surface area contributed by atoms with Crippen molar-refractivity contribution < 1.29 is 19.0 Å². The van der Waals surface area contributed by atoms with E-state index in [0.717, 1.165) is 11.3 Å². The van der Waals surface area contributed by atoms with Gasteiger partial charge in [-0.25, -0.2) is 9.48 Å². The summed E-state index contributed by atoms with van der Waals surface area (Å²) in [5.41, 5.74) is 2.23. The van der Waals surface area contributed by atoms with Crippen molar-refractivity contribution in [2.75, 3.05) is 20.3 Å². The Balaban J connectivity index is 1.80. The molecule has 0 radical (unpaired) electrons. The number of hydrogen-bond acceptors (Lipinski definition) is 5. The van der Waals surface area contributed by atoms with Gasteiger partial charge in [-0.05, 0) is 12.1 Å². The first kappa shape index (κ1) is 12.8. The number of nitrogens with zero attached hydrogens (tertiary/aromatic N) is 2. The van der Waals surface area contributed by atoms with Gasteiger partial charge in [-0.2, -0.15) is 5.10 Å². The summed E-state index contributed by atoms with van der Waals surface area (Å²) in [6, 6.07) is 7.64. The van der Waals surface area contributed by atoms with Crippen LogP contribution in [0.25, 0.3) is 5.69 Å². The minimum atomic E-state index is -0.402. The fourth-order valence-electron chi connectivity index (χ4n) is 2.02. The van der Waals surface area contributed by atoms with Crippen LogP contribution in [-0.2, 0) is 14.2 Å². The van der Waals surface area contributed by atoms with Gasteiger partial charge in [0.1, 0.15) is 0 Å². The molecule has 1 aromatic carbocycles. The maximum Gasteiger partial charge on any atom is 0.341 e. The number of carbonyl (C=O) groups excluding carboxylic acids is 1. The highest BCUT2D eigenvalue weighted by atomic mass is 16.7. The molecule has 0 amide bonds. The van der Waals surface area contributed by atoms with Crippen LogP contribution in [0.15, 0.2) is 36.7 Å². The second-order valence-corrected chi connectivity index (χ2v) is 4.33. The number of rotatable bonds is 3. The Labute approximate surface area is 115 Å². The summed E-state index contributed by atoms with van der Waals surface area (Å²) in [5.74, 6) is -0.402. The van der Waals surface area contributed by atoms with Crippen LogP contribution >= 0.6 is 0 Å². The second kappa shape index (κ2) is 5.44. The van der Waals surface area contributed by atoms with Gasteiger partial charge in [0.25, 0.3) is 0 Å². The first-order valence-corrected chi connectivity index (χ1v) is 6.24. The Bertz CT molecular complexity index is 600. The van der Waals surface area contributed by atoms with Gasteiger partial charge in [0.05, 0.1) is 37.8 Å². The van der Waals surface area contributed by atoms with Crippen LogP contribution in [0.5, 0.6) is 0 Å². The molecule has 1 saturated heterocycles. The van der Waals surface area contributed by atoms with E-state index in [0.29, 0.717) is 18.8 Å². The van der Waals surface area contributed by atoms with E-state index >= 15 is 0 Å². The van der Waals surface area contributed by atoms with Crippen LogP contribution in [0.1, 0.15) is 22.2 Å². The molecule has 1 fully saturated rings. The number of esters is 1. The molecular formula is C14H14N2O4. The molecule has 0 N–H and O–H groups in total. The lowest BCUT2D eigenvalue weighted by Crippen LogP contribution is -2.00. The van der Waals surface area contributed by atoms with E-state index in [1.165, 1.54) is 13.3 Å². The zero-order chi connectivity index (χ0) is 13.9. The zero-order valence-electron chi connectivity index (χ0n) is 11.0. The summed E-state index contributed by atoms with van der Waals surface area (Å²) < 4.78 is 17.1. The lowest BCUT2D eigenvalue weighted by molar-refractivity contribution is -0.0441. The Morgan fingerprint density at radius 3 is 2.65 bits per heavy atom. The van der Waals surface area contributed by atoms with Gasteiger partial charge < -0.3 is 14.2 Å². The van der Waals surface area contributed by atoms with Crippen LogP contribution in [0.2, 0.25) is 0 Å². The molecule has 104 valence electrons. The first-order chi connectivity index (χ1) is 9.78. The minimum Gasteiger partial charge on any atom is -0.465 e. The molecule has 1 aromatic heterocycles. The Morgan fingerprint density at radius 1 is 1.30 bits per heavy atom. The molecule has 6 nitrogen and oxygen atoms in total. The summed E-state index contributed by atoms with van der Waals surface area (Å²) in [6.45, 7) is 1.24. The quantitative estimate of drug-likeness (QED) is 0.797. The third kappa shape index (κ3) is 2.43. The number of hydrogen-bond donors (Lipinski definition) is 0. The van der Waals surface area contributed by atoms with Gasteiger partial charge in [0.15, 0.2) is 6.29 Å². The van der Waals surface area contributed by atoms with Crippen molar-refractivity contribution in [3.05, 3.63) is 47.8 Å². The number of methoxy groups -OCH3 is 1. The third-order valence-corrected chi connectivity index (χ3v) is 3.06. The van der Waals surface area contributed by atoms with Gasteiger partial charge in [0, 0.05) is 11.8 Å². The van der Waals surface area contributed by atoms with E-state index in [1.807, 2.05) is 24.3 Å². The molecule has 0 aliphatic carbocycles. The molecule has 20 heavy (non-hydrogen) atoms. The SMILES string of the molecule is COC(=O)c1cnn(-c2ccc(C3OCCO3)cc2)c1. The van der Waals surface area contributed by atoms with Crippen LogP contribution < -0.4 is 0 Å². The van der Waals surface area contributed by atoms with Crippen molar-refractivity contribution in [1.82, 2.24) is 9.78 Å². The Morgan fingerprint density at radius 2 is 2.00 bits per heavy atom. The molecule has 0 bridgehead atoms. The average molecular weight is 274 g/mol. The molecular weight excluding hydrogens is 260 g/mol. The normalized spacial score (nSPS) is 15.4. The van der Waals surface area contributed by atoms with E-state index in [4.69, 9.17) is 9.47 Å². The van der Waals surface area contributed by atoms with Crippen LogP contribution in [-0.4, -0.2) is 36.1 Å². The second-order valence-electron chi connectivity index (χ2n) is 4.33. The van der Waals surface area contributed by atoms with Crippen molar-refractivity contribution in [2.24, 2.45) is 0 Å². The topological polar surface area (TPSA) is 62.6 Å². The van der Waals surface area contributed by atoms with Gasteiger partial charge in [-0.1, -0.05) is 12.1 Å². The number of carbonyl (C=O) groups is 1. The van der Waals surface area contributed by atoms with Crippen molar-refractivity contribution in [1.29, 1.82) is 0 Å². The predicted octanol–water partition coefficient (Wildman–Crippen LogP) is 1.70. The maximum atomic E-state index is 11.4. The molecule has 0 spiro atoms. The monoisotopic (exact) mass is 274 g/mol. The summed E-state index contributed by atoms with van der Waals surface area (Å²) in [4.78, 5) is 11.4. The molecule has 1 aliphatic rings. The van der Waals surface area contributed by atoms with E-state index in [2.05, 4.69) is 9.84 Å². The van der Waals surface area contributed by atoms with Crippen molar-refractivity contribution >= 4 is 5.97 Å². The van der Waals surface area contributed by atoms with Crippen molar-refractivity contribution in [3.8, 4) is 5.69 Å². The summed E-state index contributed by atoms with van der Waals surface area (Å²) >= 11 is 0. The molecule has 1 aliphatic heterocycles. The predicted molar refractivity (Wildman–Crippen MR) is 69.5 cm³/mol. The molecule has 2 aromatic rings. The molecule has 3 rings (SSSR count). The highest BCUT2D eigenvalue weighted by Crippen LogP contribution is 2.24. The number of benzene rings is 1. The molecule has 0 atom stereocenters. The highest BCUT2D eigenvalue weighted by Gasteiger charge is 2.18. The number of aromatic nitrogens is 2. The Hall–Kier alpha value is -2.18. The Kier molecular flexibility index (Phi) is 3.49. The van der Waals surface area contributed by atoms with E-state index in [9.17, 15) is 4.79 Å². The first-order valence-electron chi connectivity index (χ1n) is 6.24. The van der Waals surface area contributed by atoms with Gasteiger partial charge in [0.2, 0.25) is 0 Å². The molecule has 0 unspecified atom stereocenters. The molecule has 6 heteroatoms. The molecule has 0 saturated carbocycles. The van der Waals surface area contributed by atoms with Gasteiger partial charge in [-0.3, -0.25) is 0 Å². The average Bonchev–Trinajstić information content (AvgIpc) is 3.18. The lowest BCUT2D eigenvalue weighted by Gasteiger charge is -2.09. The summed E-state index contributed by atoms with van der Waals surface area (Å²) in [7, 11) is 1.34. The summed E-state index contributed by atoms with van der Waals surface area (Å²) in [6.07, 6.45) is 2.82. The van der Waals surface area contributed by atoms with Gasteiger partial charge in [-0.15, -0.1) is 0 Å². The smallest absolute Gasteiger partial charge is 0.341 e.